The van der Waals surface area contributed by atoms with Crippen LogP contribution in [0.5, 0.6) is 11.5 Å². The molecule has 0 aliphatic carbocycles. The first-order valence-corrected chi connectivity index (χ1v) is 8.28. The summed E-state index contributed by atoms with van der Waals surface area (Å²) in [5.41, 5.74) is 1.47. The van der Waals surface area contributed by atoms with Gasteiger partial charge in [0.05, 0.1) is 12.1 Å². The Balaban J connectivity index is 1.37. The number of β-amino-alcohol motifs (C(OH)–C–C–N with tert-alkyl or cyclic N) is 1. The van der Waals surface area contributed by atoms with Crippen molar-refractivity contribution in [3.8, 4) is 11.5 Å². The summed E-state index contributed by atoms with van der Waals surface area (Å²) >= 11 is 0. The fourth-order valence-electron chi connectivity index (χ4n) is 3.21. The molecule has 4 rings (SSSR count). The van der Waals surface area contributed by atoms with Crippen LogP contribution in [-0.2, 0) is 6.54 Å². The van der Waals surface area contributed by atoms with Gasteiger partial charge in [0.1, 0.15) is 18.9 Å². The summed E-state index contributed by atoms with van der Waals surface area (Å²) in [6, 6.07) is 7.17. The lowest BCUT2D eigenvalue weighted by Crippen LogP contribution is -2.42. The number of rotatable bonds is 4. The first-order valence-electron chi connectivity index (χ1n) is 8.28. The molecule has 8 nitrogen and oxygen atoms in total. The van der Waals surface area contributed by atoms with E-state index in [2.05, 4.69) is 20.4 Å². The number of aromatic amines is 1. The highest BCUT2D eigenvalue weighted by Crippen LogP contribution is 2.31. The van der Waals surface area contributed by atoms with Gasteiger partial charge in [0.25, 0.3) is 5.91 Å². The number of aliphatic hydroxyl groups excluding tert-OH is 1. The highest BCUT2D eigenvalue weighted by Gasteiger charge is 2.32. The quantitative estimate of drug-likeness (QED) is 0.730. The van der Waals surface area contributed by atoms with E-state index in [4.69, 9.17) is 9.47 Å². The van der Waals surface area contributed by atoms with Crippen LogP contribution in [0.2, 0.25) is 0 Å². The average Bonchev–Trinajstić information content (AvgIpc) is 3.25. The number of carbonyl (C=O) groups is 1. The van der Waals surface area contributed by atoms with Crippen molar-refractivity contribution in [2.45, 2.75) is 18.7 Å². The third-order valence-corrected chi connectivity index (χ3v) is 4.44. The molecule has 0 unspecified atom stereocenters. The number of aromatic nitrogens is 2. The molecule has 2 aliphatic rings. The number of nitrogens with zero attached hydrogens (tertiary/aromatic N) is 2. The number of ether oxygens (including phenoxy) is 2. The number of hydrogen-bond donors (Lipinski definition) is 3. The lowest BCUT2D eigenvalue weighted by atomic mass is 10.2. The van der Waals surface area contributed by atoms with Crippen LogP contribution in [0.1, 0.15) is 16.1 Å². The molecular weight excluding hydrogens is 324 g/mol. The molecule has 1 saturated heterocycles. The second-order valence-corrected chi connectivity index (χ2v) is 6.29. The maximum absolute atomic E-state index is 12.1. The molecule has 0 spiro atoms. The summed E-state index contributed by atoms with van der Waals surface area (Å²) in [6.45, 7) is 2.88. The lowest BCUT2D eigenvalue weighted by molar-refractivity contribution is 0.0883. The van der Waals surface area contributed by atoms with Gasteiger partial charge in [0.15, 0.2) is 11.5 Å². The number of carbonyl (C=O) groups excluding carboxylic acids is 1. The predicted molar refractivity (Wildman–Crippen MR) is 88.6 cm³/mol. The largest absolute Gasteiger partial charge is 0.486 e. The van der Waals surface area contributed by atoms with Gasteiger partial charge in [-0.25, -0.2) is 0 Å². The van der Waals surface area contributed by atoms with Crippen LogP contribution in [0.25, 0.3) is 0 Å². The first-order chi connectivity index (χ1) is 12.2. The van der Waals surface area contributed by atoms with E-state index in [0.717, 1.165) is 17.1 Å². The number of hydrogen-bond acceptors (Lipinski definition) is 6. The summed E-state index contributed by atoms with van der Waals surface area (Å²) in [6.07, 6.45) is 0.915. The Morgan fingerprint density at radius 1 is 1.28 bits per heavy atom. The third kappa shape index (κ3) is 3.45. The van der Waals surface area contributed by atoms with Crippen molar-refractivity contribution in [3.05, 3.63) is 41.7 Å². The van der Waals surface area contributed by atoms with Gasteiger partial charge < -0.3 is 19.9 Å². The number of aliphatic hydroxyl groups is 1. The summed E-state index contributed by atoms with van der Waals surface area (Å²) in [5.74, 6) is 1.26. The Bertz CT molecular complexity index is 749. The number of benzene rings is 1. The van der Waals surface area contributed by atoms with Crippen LogP contribution in [0.3, 0.4) is 0 Å². The molecule has 132 valence electrons. The predicted octanol–water partition coefficient (Wildman–Crippen LogP) is 0.156. The molecule has 8 heteroatoms. The number of fused-ring (bicyclic) bond motifs is 1. The first kappa shape index (κ1) is 15.9. The normalized spacial score (nSPS) is 22.8. The smallest absolute Gasteiger partial charge is 0.269 e. The second kappa shape index (κ2) is 6.73. The fourth-order valence-corrected chi connectivity index (χ4v) is 3.21. The van der Waals surface area contributed by atoms with E-state index in [1.807, 2.05) is 18.2 Å². The van der Waals surface area contributed by atoms with E-state index in [1.165, 1.54) is 6.20 Å². The van der Waals surface area contributed by atoms with Crippen LogP contribution >= 0.6 is 0 Å². The van der Waals surface area contributed by atoms with Crippen molar-refractivity contribution >= 4 is 5.91 Å². The molecule has 0 bridgehead atoms. The van der Waals surface area contributed by atoms with Crippen molar-refractivity contribution in [1.29, 1.82) is 0 Å². The number of amides is 1. The average molecular weight is 344 g/mol. The Kier molecular flexibility index (Phi) is 4.29. The second-order valence-electron chi connectivity index (χ2n) is 6.29. The van der Waals surface area contributed by atoms with Crippen molar-refractivity contribution in [1.82, 2.24) is 20.4 Å². The van der Waals surface area contributed by atoms with Crippen LogP contribution in [0.15, 0.2) is 30.5 Å². The van der Waals surface area contributed by atoms with Gasteiger partial charge in [-0.05, 0) is 23.8 Å². The van der Waals surface area contributed by atoms with Gasteiger partial charge in [-0.1, -0.05) is 6.07 Å². The molecule has 1 fully saturated rings. The fraction of sp³-hybridized carbons (Fsp3) is 0.412. The standard InChI is InChI=1S/C17H20N4O4/c22-14-10-21(9-13(14)19-17(23)12-3-4-18-20-12)8-11-1-2-15-16(7-11)25-6-5-24-15/h1-4,7,13-14,22H,5-6,8-10H2,(H,18,20)(H,19,23)/t13-,14-/m1/s1. The van der Waals surface area contributed by atoms with Crippen LogP contribution in [-0.4, -0.2) is 64.6 Å². The summed E-state index contributed by atoms with van der Waals surface area (Å²) in [4.78, 5) is 14.2. The molecule has 1 aromatic heterocycles. The molecule has 0 saturated carbocycles. The zero-order valence-corrected chi connectivity index (χ0v) is 13.6. The van der Waals surface area contributed by atoms with Gasteiger partial charge in [-0.3, -0.25) is 14.8 Å². The SMILES string of the molecule is O=C(N[C@@H]1CN(Cc2ccc3c(c2)OCCO3)C[C@H]1O)c1ccn[nH]1. The summed E-state index contributed by atoms with van der Waals surface area (Å²) in [5, 5.41) is 19.5. The van der Waals surface area contributed by atoms with E-state index in [-0.39, 0.29) is 11.9 Å². The molecular formula is C17H20N4O4. The van der Waals surface area contributed by atoms with Crippen LogP contribution < -0.4 is 14.8 Å². The van der Waals surface area contributed by atoms with Crippen molar-refractivity contribution in [2.24, 2.45) is 0 Å². The number of nitrogens with one attached hydrogen (secondary N) is 2. The van der Waals surface area contributed by atoms with E-state index < -0.39 is 6.10 Å². The third-order valence-electron chi connectivity index (χ3n) is 4.44. The monoisotopic (exact) mass is 344 g/mol. The highest BCUT2D eigenvalue weighted by molar-refractivity contribution is 5.92. The van der Waals surface area contributed by atoms with Gasteiger partial charge >= 0.3 is 0 Å². The molecule has 3 N–H and O–H groups in total. The van der Waals surface area contributed by atoms with Crippen LogP contribution in [0, 0.1) is 0 Å². The summed E-state index contributed by atoms with van der Waals surface area (Å²) < 4.78 is 11.1. The molecule has 1 amide bonds. The Morgan fingerprint density at radius 3 is 2.92 bits per heavy atom. The molecule has 3 heterocycles. The Morgan fingerprint density at radius 2 is 2.12 bits per heavy atom. The number of H-pyrrole nitrogens is 1. The van der Waals surface area contributed by atoms with Crippen molar-refractivity contribution in [3.63, 3.8) is 0 Å². The summed E-state index contributed by atoms with van der Waals surface area (Å²) in [7, 11) is 0. The van der Waals surface area contributed by atoms with E-state index in [0.29, 0.717) is 38.5 Å². The minimum Gasteiger partial charge on any atom is -0.486 e. The molecule has 0 radical (unpaired) electrons. The highest BCUT2D eigenvalue weighted by atomic mass is 16.6. The van der Waals surface area contributed by atoms with E-state index in [9.17, 15) is 9.90 Å². The van der Waals surface area contributed by atoms with Gasteiger partial charge in [0, 0.05) is 25.8 Å². The minimum absolute atomic E-state index is 0.261. The zero-order valence-electron chi connectivity index (χ0n) is 13.6. The topological polar surface area (TPSA) is 99.7 Å². The van der Waals surface area contributed by atoms with Crippen LogP contribution in [0.4, 0.5) is 0 Å². The van der Waals surface area contributed by atoms with Gasteiger partial charge in [-0.2, -0.15) is 5.10 Å². The number of likely N-dealkylation sites (tertiary alicyclic amines) is 1. The van der Waals surface area contributed by atoms with Gasteiger partial charge in [-0.15, -0.1) is 0 Å². The van der Waals surface area contributed by atoms with Crippen molar-refractivity contribution in [2.75, 3.05) is 26.3 Å². The lowest BCUT2D eigenvalue weighted by Gasteiger charge is -2.20. The molecule has 2 atom stereocenters. The van der Waals surface area contributed by atoms with E-state index in [1.54, 1.807) is 6.07 Å². The maximum Gasteiger partial charge on any atom is 0.269 e. The Hall–Kier alpha value is -2.58. The molecule has 1 aromatic carbocycles. The maximum atomic E-state index is 12.1. The zero-order chi connectivity index (χ0) is 17.2. The van der Waals surface area contributed by atoms with Crippen molar-refractivity contribution < 1.29 is 19.4 Å². The molecule has 25 heavy (non-hydrogen) atoms. The van der Waals surface area contributed by atoms with E-state index >= 15 is 0 Å². The molecule has 2 aromatic rings. The molecule has 2 aliphatic heterocycles. The van der Waals surface area contributed by atoms with Gasteiger partial charge in [0.2, 0.25) is 0 Å². The minimum atomic E-state index is -0.607. The Labute approximate surface area is 144 Å².